The summed E-state index contributed by atoms with van der Waals surface area (Å²) in [5.74, 6) is 0.406. The number of hydrogen-bond acceptors (Lipinski definition) is 5. The van der Waals surface area contributed by atoms with E-state index in [1.807, 2.05) is 0 Å². The Bertz CT molecular complexity index is 415. The van der Waals surface area contributed by atoms with Gasteiger partial charge in [-0.15, -0.1) is 0 Å². The lowest BCUT2D eigenvalue weighted by atomic mass is 10.2. The summed E-state index contributed by atoms with van der Waals surface area (Å²) in [5.41, 5.74) is 5.78. The van der Waals surface area contributed by atoms with Crippen LogP contribution in [0.25, 0.3) is 0 Å². The lowest BCUT2D eigenvalue weighted by Gasteiger charge is -2.29. The van der Waals surface area contributed by atoms with Gasteiger partial charge in [0.2, 0.25) is 5.91 Å². The van der Waals surface area contributed by atoms with Gasteiger partial charge in [0, 0.05) is 26.3 Å². The summed E-state index contributed by atoms with van der Waals surface area (Å²) < 4.78 is 6.85. The van der Waals surface area contributed by atoms with E-state index in [1.165, 1.54) is 7.11 Å². The third-order valence-electron chi connectivity index (χ3n) is 3.21. The van der Waals surface area contributed by atoms with Crippen LogP contribution in [0.15, 0.2) is 12.3 Å². The molecule has 2 heterocycles. The van der Waals surface area contributed by atoms with E-state index in [0.717, 1.165) is 13.1 Å². The molecule has 18 heavy (non-hydrogen) atoms. The molecule has 0 saturated carbocycles. The molecule has 0 unspecified atom stereocenters. The van der Waals surface area contributed by atoms with E-state index in [-0.39, 0.29) is 12.0 Å². The van der Waals surface area contributed by atoms with Crippen molar-refractivity contribution < 1.29 is 9.53 Å². The standard InChI is InChI=1S/C11H19N5O2/c1-7(18-2)10(12)11(17)15-9-3-4-14-16(9)8-5-13-6-8/h3-4,7-8,10,13H,5-6,12H2,1-2H3,(H,15,17)/t7-,10+/m1/s1. The molecule has 0 radical (unpaired) electrons. The van der Waals surface area contributed by atoms with Gasteiger partial charge in [-0.2, -0.15) is 5.10 Å². The summed E-state index contributed by atoms with van der Waals surface area (Å²) in [5, 5.41) is 10.2. The van der Waals surface area contributed by atoms with E-state index in [1.54, 1.807) is 23.9 Å². The van der Waals surface area contributed by atoms with Crippen LogP contribution >= 0.6 is 0 Å². The lowest BCUT2D eigenvalue weighted by molar-refractivity contribution is -0.120. The number of ether oxygens (including phenoxy) is 1. The van der Waals surface area contributed by atoms with Crippen molar-refractivity contribution in [1.82, 2.24) is 15.1 Å². The average Bonchev–Trinajstić information content (AvgIpc) is 2.73. The van der Waals surface area contributed by atoms with Crippen molar-refractivity contribution >= 4 is 11.7 Å². The van der Waals surface area contributed by atoms with E-state index in [4.69, 9.17) is 10.5 Å². The summed E-state index contributed by atoms with van der Waals surface area (Å²) >= 11 is 0. The van der Waals surface area contributed by atoms with E-state index in [0.29, 0.717) is 11.9 Å². The molecule has 1 aromatic heterocycles. The van der Waals surface area contributed by atoms with Gasteiger partial charge in [0.25, 0.3) is 0 Å². The number of rotatable bonds is 5. The van der Waals surface area contributed by atoms with Crippen LogP contribution in [-0.4, -0.2) is 48.0 Å². The first kappa shape index (κ1) is 13.0. The molecule has 1 aliphatic heterocycles. The van der Waals surface area contributed by atoms with E-state index >= 15 is 0 Å². The highest BCUT2D eigenvalue weighted by atomic mass is 16.5. The molecule has 7 nitrogen and oxygen atoms in total. The number of amides is 1. The zero-order valence-corrected chi connectivity index (χ0v) is 10.6. The van der Waals surface area contributed by atoms with Crippen LogP contribution in [0.3, 0.4) is 0 Å². The molecule has 2 rings (SSSR count). The van der Waals surface area contributed by atoms with Crippen molar-refractivity contribution in [3.8, 4) is 0 Å². The Hall–Kier alpha value is -1.44. The molecule has 0 spiro atoms. The van der Waals surface area contributed by atoms with Crippen molar-refractivity contribution in [1.29, 1.82) is 0 Å². The van der Waals surface area contributed by atoms with Gasteiger partial charge in [-0.25, -0.2) is 4.68 Å². The summed E-state index contributed by atoms with van der Waals surface area (Å²) in [6.07, 6.45) is 1.34. The molecule has 2 atom stereocenters. The Morgan fingerprint density at radius 1 is 1.72 bits per heavy atom. The molecule has 100 valence electrons. The summed E-state index contributed by atoms with van der Waals surface area (Å²) in [4.78, 5) is 11.9. The fourth-order valence-electron chi connectivity index (χ4n) is 1.72. The minimum absolute atomic E-state index is 0.265. The van der Waals surface area contributed by atoms with Crippen LogP contribution in [0.1, 0.15) is 13.0 Å². The lowest BCUT2D eigenvalue weighted by Crippen LogP contribution is -2.46. The van der Waals surface area contributed by atoms with Crippen molar-refractivity contribution in [3.63, 3.8) is 0 Å². The topological polar surface area (TPSA) is 94.2 Å². The number of anilines is 1. The molecule has 1 aliphatic rings. The number of carbonyl (C=O) groups excluding carboxylic acids is 1. The van der Waals surface area contributed by atoms with Crippen molar-refractivity contribution in [3.05, 3.63) is 12.3 Å². The second kappa shape index (κ2) is 5.47. The number of nitrogens with zero attached hydrogens (tertiary/aromatic N) is 2. The maximum Gasteiger partial charge on any atom is 0.245 e. The Balaban J connectivity index is 2.00. The minimum Gasteiger partial charge on any atom is -0.380 e. The van der Waals surface area contributed by atoms with Gasteiger partial charge in [0.15, 0.2) is 0 Å². The Morgan fingerprint density at radius 2 is 2.44 bits per heavy atom. The van der Waals surface area contributed by atoms with Gasteiger partial charge in [-0.1, -0.05) is 0 Å². The van der Waals surface area contributed by atoms with Gasteiger partial charge in [-0.05, 0) is 6.92 Å². The fraction of sp³-hybridized carbons (Fsp3) is 0.636. The molecule has 1 aromatic rings. The predicted octanol–water partition coefficient (Wildman–Crippen LogP) is -0.672. The zero-order valence-electron chi connectivity index (χ0n) is 10.6. The quantitative estimate of drug-likeness (QED) is 0.647. The van der Waals surface area contributed by atoms with Gasteiger partial charge >= 0.3 is 0 Å². The van der Waals surface area contributed by atoms with Gasteiger partial charge in [-0.3, -0.25) is 4.79 Å². The van der Waals surface area contributed by atoms with Crippen molar-refractivity contribution in [2.45, 2.75) is 25.1 Å². The van der Waals surface area contributed by atoms with Crippen LogP contribution in [0.5, 0.6) is 0 Å². The molecule has 1 saturated heterocycles. The smallest absolute Gasteiger partial charge is 0.245 e. The van der Waals surface area contributed by atoms with Gasteiger partial charge in [0.05, 0.1) is 18.3 Å². The van der Waals surface area contributed by atoms with Gasteiger partial charge < -0.3 is 21.1 Å². The number of nitrogens with one attached hydrogen (secondary N) is 2. The Kier molecular flexibility index (Phi) is 3.95. The third-order valence-corrected chi connectivity index (χ3v) is 3.21. The summed E-state index contributed by atoms with van der Waals surface area (Å²) in [6.45, 7) is 3.49. The molecule has 1 fully saturated rings. The molecular weight excluding hydrogens is 234 g/mol. The van der Waals surface area contributed by atoms with E-state index in [9.17, 15) is 4.79 Å². The molecule has 7 heteroatoms. The highest BCUT2D eigenvalue weighted by molar-refractivity contribution is 5.94. The second-order valence-corrected chi connectivity index (χ2v) is 4.43. The first-order valence-corrected chi connectivity index (χ1v) is 5.97. The van der Waals surface area contributed by atoms with E-state index in [2.05, 4.69) is 15.7 Å². The summed E-state index contributed by atoms with van der Waals surface area (Å²) in [7, 11) is 1.53. The van der Waals surface area contributed by atoms with Crippen LogP contribution < -0.4 is 16.4 Å². The normalized spacial score (nSPS) is 19.1. The third kappa shape index (κ3) is 2.53. The van der Waals surface area contributed by atoms with Crippen LogP contribution in [-0.2, 0) is 9.53 Å². The molecule has 0 bridgehead atoms. The number of hydrogen-bond donors (Lipinski definition) is 3. The molecule has 1 amide bonds. The molecule has 0 aliphatic carbocycles. The van der Waals surface area contributed by atoms with Crippen molar-refractivity contribution in [2.24, 2.45) is 5.73 Å². The number of carbonyl (C=O) groups is 1. The number of methoxy groups -OCH3 is 1. The van der Waals surface area contributed by atoms with E-state index < -0.39 is 6.04 Å². The minimum atomic E-state index is -0.696. The van der Waals surface area contributed by atoms with Crippen LogP contribution in [0, 0.1) is 0 Å². The Morgan fingerprint density at radius 3 is 3.00 bits per heavy atom. The largest absolute Gasteiger partial charge is 0.380 e. The first-order chi connectivity index (χ1) is 8.63. The molecule has 0 aromatic carbocycles. The van der Waals surface area contributed by atoms with Crippen molar-refractivity contribution in [2.75, 3.05) is 25.5 Å². The maximum absolute atomic E-state index is 11.9. The average molecular weight is 253 g/mol. The highest BCUT2D eigenvalue weighted by Gasteiger charge is 2.25. The second-order valence-electron chi connectivity index (χ2n) is 4.43. The first-order valence-electron chi connectivity index (χ1n) is 5.97. The Labute approximate surface area is 106 Å². The highest BCUT2D eigenvalue weighted by Crippen LogP contribution is 2.17. The SMILES string of the molecule is CO[C@H](C)[C@H](N)C(=O)Nc1ccnn1C1CNC1. The molecule has 4 N–H and O–H groups in total. The van der Waals surface area contributed by atoms with Crippen LogP contribution in [0.2, 0.25) is 0 Å². The fourth-order valence-corrected chi connectivity index (χ4v) is 1.72. The van der Waals surface area contributed by atoms with Gasteiger partial charge in [0.1, 0.15) is 11.9 Å². The summed E-state index contributed by atoms with van der Waals surface area (Å²) in [6, 6.07) is 1.37. The number of aromatic nitrogens is 2. The molecular formula is C11H19N5O2. The zero-order chi connectivity index (χ0) is 13.1. The van der Waals surface area contributed by atoms with Crippen LogP contribution in [0.4, 0.5) is 5.82 Å². The predicted molar refractivity (Wildman–Crippen MR) is 67.2 cm³/mol. The maximum atomic E-state index is 11.9. The number of nitrogens with two attached hydrogens (primary N) is 1. The monoisotopic (exact) mass is 253 g/mol.